The van der Waals surface area contributed by atoms with Gasteiger partial charge in [-0.25, -0.2) is 4.99 Å². The molecule has 0 bridgehead atoms. The highest BCUT2D eigenvalue weighted by atomic mass is 32.2. The summed E-state index contributed by atoms with van der Waals surface area (Å²) in [7, 11) is 1.58. The van der Waals surface area contributed by atoms with Crippen molar-refractivity contribution in [3.05, 3.63) is 94.4 Å². The highest BCUT2D eigenvalue weighted by Crippen LogP contribution is 2.29. The van der Waals surface area contributed by atoms with E-state index in [0.717, 1.165) is 16.8 Å². The second-order valence-electron chi connectivity index (χ2n) is 7.08. The van der Waals surface area contributed by atoms with E-state index in [1.165, 1.54) is 11.8 Å². The number of hydrogen-bond acceptors (Lipinski definition) is 5. The minimum absolute atomic E-state index is 0.199. The molecule has 7 heteroatoms. The summed E-state index contributed by atoms with van der Waals surface area (Å²) in [6, 6.07) is 22.0. The van der Waals surface area contributed by atoms with Crippen LogP contribution in [0.4, 0.5) is 11.4 Å². The molecule has 2 N–H and O–H groups in total. The monoisotopic (exact) mass is 443 g/mol. The van der Waals surface area contributed by atoms with Gasteiger partial charge in [-0.2, -0.15) is 0 Å². The zero-order chi connectivity index (χ0) is 22.5. The van der Waals surface area contributed by atoms with Gasteiger partial charge in [0.2, 0.25) is 0 Å². The molecule has 1 aliphatic rings. The van der Waals surface area contributed by atoms with Crippen LogP contribution in [-0.2, 0) is 4.79 Å². The van der Waals surface area contributed by atoms with Crippen LogP contribution >= 0.6 is 11.8 Å². The first-order valence-corrected chi connectivity index (χ1v) is 10.7. The van der Waals surface area contributed by atoms with Gasteiger partial charge in [0.15, 0.2) is 5.17 Å². The Labute approximate surface area is 190 Å². The predicted octanol–water partition coefficient (Wildman–Crippen LogP) is 5.15. The van der Waals surface area contributed by atoms with Crippen molar-refractivity contribution in [1.82, 2.24) is 5.32 Å². The van der Waals surface area contributed by atoms with Gasteiger partial charge in [0.05, 0.1) is 17.7 Å². The van der Waals surface area contributed by atoms with Crippen LogP contribution in [0.5, 0.6) is 5.75 Å². The predicted molar refractivity (Wildman–Crippen MR) is 129 cm³/mol. The number of hydrogen-bond donors (Lipinski definition) is 2. The van der Waals surface area contributed by atoms with E-state index in [4.69, 9.17) is 4.74 Å². The highest BCUT2D eigenvalue weighted by molar-refractivity contribution is 8.18. The molecule has 0 unspecified atom stereocenters. The number of aryl methyl sites for hydroxylation is 1. The Bertz CT molecular complexity index is 1230. The van der Waals surface area contributed by atoms with Gasteiger partial charge >= 0.3 is 0 Å². The fraction of sp³-hybridized carbons (Fsp3) is 0.0800. The van der Waals surface area contributed by atoms with Crippen LogP contribution < -0.4 is 15.4 Å². The van der Waals surface area contributed by atoms with Crippen LogP contribution in [0.15, 0.2) is 82.7 Å². The molecule has 1 fully saturated rings. The SMILES string of the molecule is COc1ccc(C(=O)Nc2cccc(C=C3SC(=Nc4ccccc4C)NC3=O)c2)cc1. The van der Waals surface area contributed by atoms with Gasteiger partial charge in [-0.15, -0.1) is 0 Å². The molecule has 1 aliphatic heterocycles. The van der Waals surface area contributed by atoms with Gasteiger partial charge < -0.3 is 15.4 Å². The molecule has 2 amide bonds. The Balaban J connectivity index is 1.48. The van der Waals surface area contributed by atoms with E-state index in [1.54, 1.807) is 43.5 Å². The number of nitrogens with zero attached hydrogens (tertiary/aromatic N) is 1. The van der Waals surface area contributed by atoms with Crippen LogP contribution in [-0.4, -0.2) is 24.1 Å². The smallest absolute Gasteiger partial charge is 0.264 e. The molecule has 0 aliphatic carbocycles. The number of methoxy groups -OCH3 is 1. The maximum atomic E-state index is 12.5. The molecule has 0 aromatic heterocycles. The minimum atomic E-state index is -0.224. The highest BCUT2D eigenvalue weighted by Gasteiger charge is 2.24. The molecular weight excluding hydrogens is 422 g/mol. The van der Waals surface area contributed by atoms with Crippen LogP contribution in [0, 0.1) is 6.92 Å². The van der Waals surface area contributed by atoms with Crippen molar-refractivity contribution in [3.8, 4) is 5.75 Å². The number of thioether (sulfide) groups is 1. The van der Waals surface area contributed by atoms with Gasteiger partial charge in [-0.1, -0.05) is 30.3 Å². The quantitative estimate of drug-likeness (QED) is 0.535. The number of carbonyl (C=O) groups excluding carboxylic acids is 2. The van der Waals surface area contributed by atoms with Gasteiger partial charge in [-0.05, 0) is 78.4 Å². The van der Waals surface area contributed by atoms with E-state index in [2.05, 4.69) is 15.6 Å². The number of ether oxygens (including phenoxy) is 1. The van der Waals surface area contributed by atoms with Gasteiger partial charge in [0, 0.05) is 11.3 Å². The zero-order valence-electron chi connectivity index (χ0n) is 17.6. The lowest BCUT2D eigenvalue weighted by molar-refractivity contribution is -0.115. The van der Waals surface area contributed by atoms with E-state index in [0.29, 0.717) is 27.1 Å². The molecule has 1 saturated heterocycles. The van der Waals surface area contributed by atoms with Crippen molar-refractivity contribution >= 4 is 46.2 Å². The van der Waals surface area contributed by atoms with E-state index >= 15 is 0 Å². The summed E-state index contributed by atoms with van der Waals surface area (Å²) in [5, 5.41) is 6.22. The molecule has 4 rings (SSSR count). The fourth-order valence-corrected chi connectivity index (χ4v) is 3.92. The van der Waals surface area contributed by atoms with Crippen LogP contribution in [0.1, 0.15) is 21.5 Å². The maximum Gasteiger partial charge on any atom is 0.264 e. The molecule has 6 nitrogen and oxygen atoms in total. The Kier molecular flexibility index (Phi) is 6.37. The molecule has 32 heavy (non-hydrogen) atoms. The molecule has 0 saturated carbocycles. The Morgan fingerprint density at radius 1 is 1.06 bits per heavy atom. The summed E-state index contributed by atoms with van der Waals surface area (Å²) in [4.78, 5) is 30.0. The average molecular weight is 444 g/mol. The molecule has 3 aromatic rings. The summed E-state index contributed by atoms with van der Waals surface area (Å²) in [6.07, 6.45) is 1.78. The van der Waals surface area contributed by atoms with Gasteiger partial charge in [0.25, 0.3) is 11.8 Å². The fourth-order valence-electron chi connectivity index (χ4n) is 3.08. The van der Waals surface area contributed by atoms with E-state index < -0.39 is 0 Å². The number of para-hydroxylation sites is 1. The third-order valence-corrected chi connectivity index (χ3v) is 5.69. The standard InChI is InChI=1S/C25H21N3O3S/c1-16-6-3-4-9-21(16)27-25-28-24(30)22(32-25)15-17-7-5-8-19(14-17)26-23(29)18-10-12-20(31-2)13-11-18/h3-15H,1-2H3,(H,26,29)(H,27,28,30). The van der Waals surface area contributed by atoms with Crippen molar-refractivity contribution in [2.45, 2.75) is 6.92 Å². The lowest BCUT2D eigenvalue weighted by Crippen LogP contribution is -2.19. The number of nitrogens with one attached hydrogen (secondary N) is 2. The number of benzene rings is 3. The third kappa shape index (κ3) is 5.07. The summed E-state index contributed by atoms with van der Waals surface area (Å²) in [5.41, 5.74) is 3.81. The van der Waals surface area contributed by atoms with E-state index in [9.17, 15) is 9.59 Å². The van der Waals surface area contributed by atoms with Crippen molar-refractivity contribution in [2.75, 3.05) is 12.4 Å². The first-order valence-electron chi connectivity index (χ1n) is 9.92. The van der Waals surface area contributed by atoms with Gasteiger partial charge in [0.1, 0.15) is 5.75 Å². The average Bonchev–Trinajstić information content (AvgIpc) is 3.14. The molecule has 160 valence electrons. The van der Waals surface area contributed by atoms with Crippen LogP contribution in [0.2, 0.25) is 0 Å². The number of amides is 2. The van der Waals surface area contributed by atoms with Crippen molar-refractivity contribution in [1.29, 1.82) is 0 Å². The normalized spacial score (nSPS) is 15.6. The first-order chi connectivity index (χ1) is 15.5. The van der Waals surface area contributed by atoms with Crippen LogP contribution in [0.25, 0.3) is 6.08 Å². The van der Waals surface area contributed by atoms with Crippen molar-refractivity contribution < 1.29 is 14.3 Å². The second-order valence-corrected chi connectivity index (χ2v) is 8.11. The number of aliphatic imine (C=N–C) groups is 1. The summed E-state index contributed by atoms with van der Waals surface area (Å²) in [5.74, 6) is 0.265. The molecule has 0 spiro atoms. The molecule has 0 atom stereocenters. The molecular formula is C25H21N3O3S. The van der Waals surface area contributed by atoms with E-state index in [-0.39, 0.29) is 11.8 Å². The Morgan fingerprint density at radius 2 is 1.84 bits per heavy atom. The number of carbonyl (C=O) groups is 2. The van der Waals surface area contributed by atoms with Crippen LogP contribution in [0.3, 0.4) is 0 Å². The molecule has 0 radical (unpaired) electrons. The summed E-state index contributed by atoms with van der Waals surface area (Å²) >= 11 is 1.29. The number of amidine groups is 1. The number of rotatable bonds is 5. The zero-order valence-corrected chi connectivity index (χ0v) is 18.4. The lowest BCUT2D eigenvalue weighted by atomic mass is 10.1. The van der Waals surface area contributed by atoms with Crippen molar-refractivity contribution in [2.24, 2.45) is 4.99 Å². The lowest BCUT2D eigenvalue weighted by Gasteiger charge is -2.07. The molecule has 1 heterocycles. The summed E-state index contributed by atoms with van der Waals surface area (Å²) in [6.45, 7) is 1.98. The second kappa shape index (κ2) is 9.53. The maximum absolute atomic E-state index is 12.5. The third-order valence-electron chi connectivity index (χ3n) is 4.78. The van der Waals surface area contributed by atoms with Gasteiger partial charge in [-0.3, -0.25) is 9.59 Å². The Morgan fingerprint density at radius 3 is 2.59 bits per heavy atom. The number of anilines is 1. The Hall–Kier alpha value is -3.84. The van der Waals surface area contributed by atoms with Crippen molar-refractivity contribution in [3.63, 3.8) is 0 Å². The van der Waals surface area contributed by atoms with E-state index in [1.807, 2.05) is 49.4 Å². The molecule has 3 aromatic carbocycles. The minimum Gasteiger partial charge on any atom is -0.497 e. The largest absolute Gasteiger partial charge is 0.497 e. The first kappa shape index (κ1) is 21.4. The summed E-state index contributed by atoms with van der Waals surface area (Å²) < 4.78 is 5.12. The topological polar surface area (TPSA) is 79.8 Å².